The van der Waals surface area contributed by atoms with E-state index >= 15 is 0 Å². The highest BCUT2D eigenvalue weighted by atomic mass is 32.1. The minimum absolute atomic E-state index is 0.518. The lowest BCUT2D eigenvalue weighted by Crippen LogP contribution is -2.21. The summed E-state index contributed by atoms with van der Waals surface area (Å²) >= 11 is 1.82. The molecular weight excluding hydrogens is 274 g/mol. The SMILES string of the molecule is Cc1cc(CNC(C)C)ccc1-c1cccc2ccsc12. The molecule has 0 atom stereocenters. The fraction of sp³-hybridized carbons (Fsp3) is 0.263. The summed E-state index contributed by atoms with van der Waals surface area (Å²) in [5.74, 6) is 0. The Hall–Kier alpha value is -1.64. The number of hydrogen-bond acceptors (Lipinski definition) is 2. The van der Waals surface area contributed by atoms with Crippen molar-refractivity contribution in [3.05, 3.63) is 59.0 Å². The molecule has 0 saturated carbocycles. The minimum Gasteiger partial charge on any atom is -0.310 e. The zero-order valence-corrected chi connectivity index (χ0v) is 13.6. The lowest BCUT2D eigenvalue weighted by atomic mass is 9.97. The molecule has 0 amide bonds. The van der Waals surface area contributed by atoms with E-state index in [-0.39, 0.29) is 0 Å². The number of thiophene rings is 1. The number of aryl methyl sites for hydroxylation is 1. The molecule has 0 fully saturated rings. The molecule has 0 radical (unpaired) electrons. The highest BCUT2D eigenvalue weighted by Gasteiger charge is 2.08. The van der Waals surface area contributed by atoms with E-state index in [1.165, 1.54) is 32.3 Å². The van der Waals surface area contributed by atoms with Crippen molar-refractivity contribution >= 4 is 21.4 Å². The number of hydrogen-bond donors (Lipinski definition) is 1. The second-order valence-corrected chi connectivity index (χ2v) is 6.75. The predicted octanol–water partition coefficient (Wildman–Crippen LogP) is 5.37. The van der Waals surface area contributed by atoms with Crippen molar-refractivity contribution in [2.24, 2.45) is 0 Å². The van der Waals surface area contributed by atoms with Crippen LogP contribution in [0.25, 0.3) is 21.2 Å². The molecule has 2 heteroatoms. The van der Waals surface area contributed by atoms with Crippen LogP contribution in [0.1, 0.15) is 25.0 Å². The minimum atomic E-state index is 0.518. The Balaban J connectivity index is 1.98. The molecule has 108 valence electrons. The first-order chi connectivity index (χ1) is 10.1. The Bertz CT molecular complexity index is 755. The van der Waals surface area contributed by atoms with E-state index < -0.39 is 0 Å². The summed E-state index contributed by atoms with van der Waals surface area (Å²) in [6, 6.07) is 16.1. The Labute approximate surface area is 130 Å². The van der Waals surface area contributed by atoms with Crippen LogP contribution in [-0.2, 0) is 6.54 Å². The predicted molar refractivity (Wildman–Crippen MR) is 94.0 cm³/mol. The van der Waals surface area contributed by atoms with Crippen molar-refractivity contribution in [1.82, 2.24) is 5.32 Å². The van der Waals surface area contributed by atoms with Gasteiger partial charge in [0, 0.05) is 17.3 Å². The average Bonchev–Trinajstić information content (AvgIpc) is 2.94. The van der Waals surface area contributed by atoms with Gasteiger partial charge in [0.25, 0.3) is 0 Å². The number of benzene rings is 2. The van der Waals surface area contributed by atoms with Crippen molar-refractivity contribution < 1.29 is 0 Å². The van der Waals surface area contributed by atoms with Gasteiger partial charge < -0.3 is 5.32 Å². The summed E-state index contributed by atoms with van der Waals surface area (Å²) in [5.41, 5.74) is 5.39. The van der Waals surface area contributed by atoms with Crippen LogP contribution in [-0.4, -0.2) is 6.04 Å². The summed E-state index contributed by atoms with van der Waals surface area (Å²) in [5, 5.41) is 6.98. The molecule has 3 aromatic rings. The second kappa shape index (κ2) is 6.00. The van der Waals surface area contributed by atoms with Crippen molar-refractivity contribution in [2.75, 3.05) is 0 Å². The van der Waals surface area contributed by atoms with Gasteiger partial charge in [0.15, 0.2) is 0 Å². The fourth-order valence-electron chi connectivity index (χ4n) is 2.67. The smallest absolute Gasteiger partial charge is 0.0421 e. The maximum atomic E-state index is 3.48. The van der Waals surface area contributed by atoms with Crippen LogP contribution in [0.3, 0.4) is 0 Å². The lowest BCUT2D eigenvalue weighted by Gasteiger charge is -2.12. The van der Waals surface area contributed by atoms with Crippen molar-refractivity contribution in [1.29, 1.82) is 0 Å². The molecule has 0 aliphatic rings. The number of fused-ring (bicyclic) bond motifs is 1. The van der Waals surface area contributed by atoms with Gasteiger partial charge in [-0.1, -0.05) is 50.2 Å². The monoisotopic (exact) mass is 295 g/mol. The maximum absolute atomic E-state index is 3.48. The molecule has 1 N–H and O–H groups in total. The maximum Gasteiger partial charge on any atom is 0.0421 e. The Kier molecular flexibility index (Phi) is 4.09. The first kappa shape index (κ1) is 14.3. The van der Waals surface area contributed by atoms with Crippen LogP contribution in [0.5, 0.6) is 0 Å². The van der Waals surface area contributed by atoms with Crippen molar-refractivity contribution in [2.45, 2.75) is 33.4 Å². The Morgan fingerprint density at radius 1 is 1.05 bits per heavy atom. The highest BCUT2D eigenvalue weighted by molar-refractivity contribution is 7.17. The highest BCUT2D eigenvalue weighted by Crippen LogP contribution is 2.34. The molecule has 0 spiro atoms. The molecule has 1 aromatic heterocycles. The van der Waals surface area contributed by atoms with Gasteiger partial charge in [0.05, 0.1) is 0 Å². The topological polar surface area (TPSA) is 12.0 Å². The van der Waals surface area contributed by atoms with Crippen LogP contribution < -0.4 is 5.32 Å². The molecule has 21 heavy (non-hydrogen) atoms. The van der Waals surface area contributed by atoms with E-state index in [1.807, 2.05) is 11.3 Å². The van der Waals surface area contributed by atoms with Gasteiger partial charge in [-0.2, -0.15) is 0 Å². The van der Waals surface area contributed by atoms with Crippen LogP contribution in [0.2, 0.25) is 0 Å². The van der Waals surface area contributed by atoms with Crippen molar-refractivity contribution in [3.8, 4) is 11.1 Å². The molecule has 0 unspecified atom stereocenters. The van der Waals surface area contributed by atoms with Gasteiger partial charge >= 0.3 is 0 Å². The van der Waals surface area contributed by atoms with Crippen molar-refractivity contribution in [3.63, 3.8) is 0 Å². The number of nitrogens with one attached hydrogen (secondary N) is 1. The summed E-state index contributed by atoms with van der Waals surface area (Å²) in [6.07, 6.45) is 0. The largest absolute Gasteiger partial charge is 0.310 e. The first-order valence-electron chi connectivity index (χ1n) is 7.44. The Morgan fingerprint density at radius 2 is 1.90 bits per heavy atom. The van der Waals surface area contributed by atoms with Crippen LogP contribution in [0, 0.1) is 6.92 Å². The van der Waals surface area contributed by atoms with E-state index in [0.717, 1.165) is 6.54 Å². The van der Waals surface area contributed by atoms with Crippen LogP contribution in [0.15, 0.2) is 47.8 Å². The fourth-order valence-corrected chi connectivity index (χ4v) is 3.59. The molecule has 2 aromatic carbocycles. The van der Waals surface area contributed by atoms with Gasteiger partial charge in [-0.3, -0.25) is 0 Å². The molecule has 1 nitrogen and oxygen atoms in total. The third kappa shape index (κ3) is 3.02. The molecule has 0 aliphatic heterocycles. The third-order valence-electron chi connectivity index (χ3n) is 3.77. The first-order valence-corrected chi connectivity index (χ1v) is 8.32. The third-order valence-corrected chi connectivity index (χ3v) is 4.74. The van der Waals surface area contributed by atoms with Gasteiger partial charge in [0.2, 0.25) is 0 Å². The second-order valence-electron chi connectivity index (χ2n) is 5.83. The van der Waals surface area contributed by atoms with Gasteiger partial charge in [-0.05, 0) is 46.0 Å². The van der Waals surface area contributed by atoms with E-state index in [0.29, 0.717) is 6.04 Å². The van der Waals surface area contributed by atoms with Gasteiger partial charge in [-0.25, -0.2) is 0 Å². The van der Waals surface area contributed by atoms with E-state index in [9.17, 15) is 0 Å². The van der Waals surface area contributed by atoms with E-state index in [4.69, 9.17) is 0 Å². The normalized spacial score (nSPS) is 11.4. The quantitative estimate of drug-likeness (QED) is 0.682. The standard InChI is InChI=1S/C19H21NS/c1-13(2)20-12-15-7-8-17(14(3)11-15)18-6-4-5-16-9-10-21-19(16)18/h4-11,13,20H,12H2,1-3H3. The zero-order chi connectivity index (χ0) is 14.8. The molecule has 0 aliphatic carbocycles. The van der Waals surface area contributed by atoms with E-state index in [2.05, 4.69) is 73.9 Å². The summed E-state index contributed by atoms with van der Waals surface area (Å²) in [7, 11) is 0. The molecule has 0 saturated heterocycles. The summed E-state index contributed by atoms with van der Waals surface area (Å²) in [4.78, 5) is 0. The molecule has 0 bridgehead atoms. The lowest BCUT2D eigenvalue weighted by molar-refractivity contribution is 0.589. The van der Waals surface area contributed by atoms with Crippen LogP contribution in [0.4, 0.5) is 0 Å². The zero-order valence-electron chi connectivity index (χ0n) is 12.8. The average molecular weight is 295 g/mol. The molecule has 1 heterocycles. The van der Waals surface area contributed by atoms with Gasteiger partial charge in [0.1, 0.15) is 0 Å². The van der Waals surface area contributed by atoms with Crippen LogP contribution >= 0.6 is 11.3 Å². The summed E-state index contributed by atoms with van der Waals surface area (Å²) in [6.45, 7) is 7.50. The number of rotatable bonds is 4. The summed E-state index contributed by atoms with van der Waals surface area (Å²) < 4.78 is 1.38. The van der Waals surface area contributed by atoms with E-state index in [1.54, 1.807) is 0 Å². The molecular formula is C19H21NS. The molecule has 3 rings (SSSR count). The van der Waals surface area contributed by atoms with Gasteiger partial charge in [-0.15, -0.1) is 11.3 Å². The Morgan fingerprint density at radius 3 is 2.67 bits per heavy atom.